The molecule has 0 spiro atoms. The molecular formula is C14H14BrN2O2+. The number of hydrogen-bond donors (Lipinski definition) is 1. The van der Waals surface area contributed by atoms with Gasteiger partial charge >= 0.3 is 5.91 Å². The van der Waals surface area contributed by atoms with Crippen LogP contribution in [0.25, 0.3) is 0 Å². The van der Waals surface area contributed by atoms with Crippen molar-refractivity contribution in [3.05, 3.63) is 40.4 Å². The van der Waals surface area contributed by atoms with Gasteiger partial charge in [0.25, 0.3) is 5.78 Å². The molecule has 98 valence electrons. The first-order chi connectivity index (χ1) is 9.16. The first kappa shape index (κ1) is 12.6. The molecule has 0 fully saturated rings. The molecule has 1 aromatic rings. The molecule has 2 heterocycles. The first-order valence-electron chi connectivity index (χ1n) is 6.31. The lowest BCUT2D eigenvalue weighted by molar-refractivity contribution is -0.894. The fourth-order valence-electron chi connectivity index (χ4n) is 2.55. The molecule has 1 atom stereocenters. The Morgan fingerprint density at radius 3 is 2.84 bits per heavy atom. The zero-order valence-electron chi connectivity index (χ0n) is 10.4. The highest BCUT2D eigenvalue weighted by molar-refractivity contribution is 9.10. The summed E-state index contributed by atoms with van der Waals surface area (Å²) in [5, 5.41) is 0. The predicted molar refractivity (Wildman–Crippen MR) is 75.3 cm³/mol. The fourth-order valence-corrected chi connectivity index (χ4v) is 2.92. The number of ketones is 1. The van der Waals surface area contributed by atoms with Crippen LogP contribution in [0.4, 0.5) is 5.69 Å². The summed E-state index contributed by atoms with van der Waals surface area (Å²) in [5.41, 5.74) is 1.24. The number of amides is 1. The first-order valence-corrected chi connectivity index (χ1v) is 7.10. The summed E-state index contributed by atoms with van der Waals surface area (Å²) in [6, 6.07) is 5.42. The van der Waals surface area contributed by atoms with Gasteiger partial charge in [0.15, 0.2) is 6.67 Å². The molecule has 1 aromatic carbocycles. The molecule has 0 aliphatic carbocycles. The fraction of sp³-hybridized carbons (Fsp3) is 0.286. The quantitative estimate of drug-likeness (QED) is 0.646. The lowest BCUT2D eigenvalue weighted by Crippen LogP contribution is -3.14. The van der Waals surface area contributed by atoms with Crippen LogP contribution in [0, 0.1) is 0 Å². The maximum absolute atomic E-state index is 12.1. The second-order valence-electron chi connectivity index (χ2n) is 4.85. The largest absolute Gasteiger partial charge is 0.314 e. The summed E-state index contributed by atoms with van der Waals surface area (Å²) < 4.78 is 0.822. The zero-order valence-corrected chi connectivity index (χ0v) is 11.9. The van der Waals surface area contributed by atoms with Crippen LogP contribution in [-0.2, 0) is 4.79 Å². The zero-order chi connectivity index (χ0) is 13.4. The Morgan fingerprint density at radius 2 is 2.11 bits per heavy atom. The summed E-state index contributed by atoms with van der Waals surface area (Å²) in [6.45, 7) is 2.47. The standard InChI is InChI=1S/C14H13BrN2O2/c15-10-4-5-12-11(8-10)13(18)14(19)17(12)9-16-6-2-1-3-7-16/h1-2,4-5,8H,3,6-7,9H2/p+1. The van der Waals surface area contributed by atoms with Gasteiger partial charge in [0.1, 0.15) is 0 Å². The number of carbonyl (C=O) groups excluding carboxylic acids is 2. The number of anilines is 1. The third-order valence-electron chi connectivity index (χ3n) is 3.55. The predicted octanol–water partition coefficient (Wildman–Crippen LogP) is 0.781. The highest BCUT2D eigenvalue weighted by Crippen LogP contribution is 2.30. The van der Waals surface area contributed by atoms with Gasteiger partial charge in [-0.1, -0.05) is 22.0 Å². The van der Waals surface area contributed by atoms with Crippen LogP contribution in [0.3, 0.4) is 0 Å². The molecule has 19 heavy (non-hydrogen) atoms. The summed E-state index contributed by atoms with van der Waals surface area (Å²) in [6.07, 6.45) is 5.31. The van der Waals surface area contributed by atoms with E-state index in [4.69, 9.17) is 0 Å². The van der Waals surface area contributed by atoms with Gasteiger partial charge in [-0.15, -0.1) is 0 Å². The monoisotopic (exact) mass is 321 g/mol. The molecule has 5 heteroatoms. The Hall–Kier alpha value is -1.46. The van der Waals surface area contributed by atoms with Crippen molar-refractivity contribution in [2.24, 2.45) is 0 Å². The van der Waals surface area contributed by atoms with Crippen LogP contribution in [0.5, 0.6) is 0 Å². The lowest BCUT2D eigenvalue weighted by Gasteiger charge is -2.25. The van der Waals surface area contributed by atoms with E-state index in [0.29, 0.717) is 12.2 Å². The van der Waals surface area contributed by atoms with Gasteiger partial charge in [0, 0.05) is 10.9 Å². The van der Waals surface area contributed by atoms with Crippen molar-refractivity contribution in [3.63, 3.8) is 0 Å². The van der Waals surface area contributed by atoms with Gasteiger partial charge in [0.2, 0.25) is 0 Å². The molecule has 1 unspecified atom stereocenters. The molecular weight excluding hydrogens is 308 g/mol. The smallest absolute Gasteiger partial charge is 0.303 e. The molecule has 1 N–H and O–H groups in total. The number of rotatable bonds is 2. The van der Waals surface area contributed by atoms with Crippen LogP contribution >= 0.6 is 15.9 Å². The van der Waals surface area contributed by atoms with Crippen LogP contribution in [0.2, 0.25) is 0 Å². The maximum atomic E-state index is 12.1. The summed E-state index contributed by atoms with van der Waals surface area (Å²) in [5.74, 6) is -0.807. The van der Waals surface area contributed by atoms with Crippen molar-refractivity contribution < 1.29 is 14.5 Å². The molecule has 1 amide bonds. The summed E-state index contributed by atoms with van der Waals surface area (Å²) in [7, 11) is 0. The minimum atomic E-state index is -0.407. The molecule has 2 aliphatic heterocycles. The minimum Gasteiger partial charge on any atom is -0.314 e. The van der Waals surface area contributed by atoms with Gasteiger partial charge in [-0.2, -0.15) is 0 Å². The van der Waals surface area contributed by atoms with Crippen molar-refractivity contribution in [1.29, 1.82) is 0 Å². The highest BCUT2D eigenvalue weighted by atomic mass is 79.9. The lowest BCUT2D eigenvalue weighted by atomic mass is 10.1. The van der Waals surface area contributed by atoms with Gasteiger partial charge in [-0.05, 0) is 24.3 Å². The Balaban J connectivity index is 1.88. The van der Waals surface area contributed by atoms with Crippen molar-refractivity contribution in [2.75, 3.05) is 24.7 Å². The van der Waals surface area contributed by atoms with Crippen molar-refractivity contribution >= 4 is 33.3 Å². The minimum absolute atomic E-state index is 0.400. The van der Waals surface area contributed by atoms with Crippen LogP contribution in [0.15, 0.2) is 34.8 Å². The SMILES string of the molecule is O=C1C(=O)N(C[NH+]2CC=CCC2)c2ccc(Br)cc21. The molecule has 3 rings (SSSR count). The number of quaternary nitrogens is 1. The maximum Gasteiger partial charge on any atom is 0.303 e. The molecule has 2 aliphatic rings. The van der Waals surface area contributed by atoms with Crippen LogP contribution in [0.1, 0.15) is 16.8 Å². The number of halogens is 1. The number of carbonyl (C=O) groups is 2. The average Bonchev–Trinajstić information content (AvgIpc) is 2.65. The van der Waals surface area contributed by atoms with E-state index < -0.39 is 11.7 Å². The Bertz CT molecular complexity index is 583. The number of nitrogens with one attached hydrogen (secondary N) is 1. The van der Waals surface area contributed by atoms with Gasteiger partial charge in [-0.3, -0.25) is 14.5 Å². The summed E-state index contributed by atoms with van der Waals surface area (Å²) in [4.78, 5) is 27.0. The van der Waals surface area contributed by atoms with Gasteiger partial charge in [0.05, 0.1) is 24.3 Å². The summed E-state index contributed by atoms with van der Waals surface area (Å²) >= 11 is 3.33. The molecule has 0 saturated heterocycles. The molecule has 0 saturated carbocycles. The van der Waals surface area contributed by atoms with Crippen molar-refractivity contribution in [1.82, 2.24) is 0 Å². The second kappa shape index (κ2) is 4.90. The number of Topliss-reactive ketones (excluding diaryl/α,β-unsaturated/α-hetero) is 1. The van der Waals surface area contributed by atoms with Crippen LogP contribution in [-0.4, -0.2) is 31.4 Å². The van der Waals surface area contributed by atoms with E-state index in [1.54, 1.807) is 11.0 Å². The van der Waals surface area contributed by atoms with Gasteiger partial charge in [-0.25, -0.2) is 0 Å². The average molecular weight is 322 g/mol. The topological polar surface area (TPSA) is 41.8 Å². The molecule has 4 nitrogen and oxygen atoms in total. The van der Waals surface area contributed by atoms with E-state index in [0.717, 1.165) is 29.7 Å². The number of hydrogen-bond acceptors (Lipinski definition) is 2. The molecule has 0 radical (unpaired) electrons. The van der Waals surface area contributed by atoms with Crippen LogP contribution < -0.4 is 9.80 Å². The number of benzene rings is 1. The Kier molecular flexibility index (Phi) is 3.24. The highest BCUT2D eigenvalue weighted by Gasteiger charge is 2.37. The Morgan fingerprint density at radius 1 is 1.26 bits per heavy atom. The third kappa shape index (κ3) is 2.24. The van der Waals surface area contributed by atoms with E-state index in [1.807, 2.05) is 12.1 Å². The van der Waals surface area contributed by atoms with E-state index in [2.05, 4.69) is 28.1 Å². The molecule has 0 aromatic heterocycles. The normalized spacial score (nSPS) is 21.9. The number of nitrogens with zero attached hydrogens (tertiary/aromatic N) is 1. The van der Waals surface area contributed by atoms with Crippen molar-refractivity contribution in [2.45, 2.75) is 6.42 Å². The van der Waals surface area contributed by atoms with E-state index in [-0.39, 0.29) is 0 Å². The van der Waals surface area contributed by atoms with E-state index in [1.165, 1.54) is 4.90 Å². The van der Waals surface area contributed by atoms with Crippen molar-refractivity contribution in [3.8, 4) is 0 Å². The second-order valence-corrected chi connectivity index (χ2v) is 5.76. The molecule has 0 bridgehead atoms. The Labute approximate surface area is 119 Å². The van der Waals surface area contributed by atoms with Gasteiger partial charge < -0.3 is 4.90 Å². The van der Waals surface area contributed by atoms with E-state index in [9.17, 15) is 9.59 Å². The number of fused-ring (bicyclic) bond motifs is 1. The van der Waals surface area contributed by atoms with E-state index >= 15 is 0 Å². The third-order valence-corrected chi connectivity index (χ3v) is 4.05.